The first-order valence-corrected chi connectivity index (χ1v) is 13.0. The lowest BCUT2D eigenvalue weighted by atomic mass is 9.93. The SMILES string of the molecule is Brc1ccc2c(c1)c1cc3c4ccccc4c4ccccc4c3cc1n2-c1ccc2ccccc2c1. The topological polar surface area (TPSA) is 4.93 Å². The monoisotopic (exact) mass is 521 g/mol. The lowest BCUT2D eigenvalue weighted by Crippen LogP contribution is -1.94. The highest BCUT2D eigenvalue weighted by atomic mass is 79.9. The minimum Gasteiger partial charge on any atom is -0.309 e. The fourth-order valence-corrected chi connectivity index (χ4v) is 6.34. The molecule has 0 unspecified atom stereocenters. The van der Waals surface area contributed by atoms with E-state index in [1.807, 2.05) is 0 Å². The fourth-order valence-electron chi connectivity index (χ4n) is 5.98. The van der Waals surface area contributed by atoms with Crippen LogP contribution in [0.5, 0.6) is 0 Å². The summed E-state index contributed by atoms with van der Waals surface area (Å²) in [7, 11) is 0. The molecular formula is C34H20BrN. The third-order valence-electron chi connectivity index (χ3n) is 7.58. The summed E-state index contributed by atoms with van der Waals surface area (Å²) in [6.45, 7) is 0. The van der Waals surface area contributed by atoms with E-state index in [1.54, 1.807) is 0 Å². The molecule has 168 valence electrons. The van der Waals surface area contributed by atoms with E-state index in [-0.39, 0.29) is 0 Å². The zero-order valence-corrected chi connectivity index (χ0v) is 21.0. The van der Waals surface area contributed by atoms with Crippen molar-refractivity contribution in [2.24, 2.45) is 0 Å². The molecule has 1 aromatic heterocycles. The van der Waals surface area contributed by atoms with Gasteiger partial charge in [0.1, 0.15) is 0 Å². The second-order valence-corrected chi connectivity index (χ2v) is 10.5. The molecule has 1 nitrogen and oxygen atoms in total. The number of halogens is 1. The van der Waals surface area contributed by atoms with Crippen molar-refractivity contribution < 1.29 is 0 Å². The molecule has 0 aliphatic heterocycles. The number of fused-ring (bicyclic) bond motifs is 10. The average molecular weight is 522 g/mol. The van der Waals surface area contributed by atoms with Gasteiger partial charge < -0.3 is 4.57 Å². The van der Waals surface area contributed by atoms with Crippen LogP contribution in [-0.4, -0.2) is 4.57 Å². The molecule has 0 saturated carbocycles. The zero-order chi connectivity index (χ0) is 23.8. The van der Waals surface area contributed by atoms with Crippen LogP contribution < -0.4 is 0 Å². The minimum atomic E-state index is 1.09. The fraction of sp³-hybridized carbons (Fsp3) is 0. The maximum absolute atomic E-state index is 3.73. The minimum absolute atomic E-state index is 1.09. The van der Waals surface area contributed by atoms with E-state index in [0.29, 0.717) is 0 Å². The lowest BCUT2D eigenvalue weighted by Gasteiger charge is -2.13. The molecule has 0 radical (unpaired) electrons. The molecule has 0 N–H and O–H groups in total. The summed E-state index contributed by atoms with van der Waals surface area (Å²) in [4.78, 5) is 0. The number of nitrogens with zero attached hydrogens (tertiary/aromatic N) is 1. The van der Waals surface area contributed by atoms with Gasteiger partial charge in [0, 0.05) is 20.9 Å². The first-order valence-electron chi connectivity index (χ1n) is 12.2. The van der Waals surface area contributed by atoms with Gasteiger partial charge >= 0.3 is 0 Å². The van der Waals surface area contributed by atoms with Gasteiger partial charge in [-0.05, 0) is 85.6 Å². The van der Waals surface area contributed by atoms with Crippen molar-refractivity contribution in [1.82, 2.24) is 4.57 Å². The molecule has 0 spiro atoms. The molecule has 0 fully saturated rings. The molecule has 7 aromatic carbocycles. The molecule has 2 heteroatoms. The highest BCUT2D eigenvalue weighted by molar-refractivity contribution is 9.10. The smallest absolute Gasteiger partial charge is 0.0547 e. The van der Waals surface area contributed by atoms with E-state index >= 15 is 0 Å². The Balaban J connectivity index is 1.60. The van der Waals surface area contributed by atoms with Crippen molar-refractivity contribution in [3.8, 4) is 5.69 Å². The van der Waals surface area contributed by atoms with Crippen molar-refractivity contribution in [3.63, 3.8) is 0 Å². The summed E-state index contributed by atoms with van der Waals surface area (Å²) in [5.41, 5.74) is 3.62. The highest BCUT2D eigenvalue weighted by Gasteiger charge is 2.16. The van der Waals surface area contributed by atoms with E-state index < -0.39 is 0 Å². The molecule has 8 aromatic rings. The van der Waals surface area contributed by atoms with Crippen molar-refractivity contribution in [3.05, 3.63) is 126 Å². The Morgan fingerprint density at radius 2 is 0.972 bits per heavy atom. The Hall–Kier alpha value is -4.14. The Morgan fingerprint density at radius 1 is 0.389 bits per heavy atom. The van der Waals surface area contributed by atoms with Gasteiger partial charge in [-0.15, -0.1) is 0 Å². The average Bonchev–Trinajstić information content (AvgIpc) is 3.24. The van der Waals surface area contributed by atoms with E-state index in [2.05, 4.69) is 142 Å². The predicted octanol–water partition coefficient (Wildman–Crippen LogP) is 10.2. The molecule has 0 saturated heterocycles. The first kappa shape index (κ1) is 20.1. The molecular weight excluding hydrogens is 502 g/mol. The van der Waals surface area contributed by atoms with Gasteiger partial charge in [-0.25, -0.2) is 0 Å². The first-order chi connectivity index (χ1) is 17.8. The van der Waals surface area contributed by atoms with Crippen molar-refractivity contribution in [2.75, 3.05) is 0 Å². The number of benzene rings is 7. The molecule has 36 heavy (non-hydrogen) atoms. The van der Waals surface area contributed by atoms with Gasteiger partial charge in [0.2, 0.25) is 0 Å². The zero-order valence-electron chi connectivity index (χ0n) is 19.4. The molecule has 0 amide bonds. The van der Waals surface area contributed by atoms with Gasteiger partial charge in [-0.1, -0.05) is 94.8 Å². The molecule has 1 heterocycles. The van der Waals surface area contributed by atoms with Crippen LogP contribution in [-0.2, 0) is 0 Å². The summed E-state index contributed by atoms with van der Waals surface area (Å²) in [6.07, 6.45) is 0. The highest BCUT2D eigenvalue weighted by Crippen LogP contribution is 2.41. The summed E-state index contributed by atoms with van der Waals surface area (Å²) in [5, 5.41) is 12.8. The summed E-state index contributed by atoms with van der Waals surface area (Å²) < 4.78 is 3.52. The largest absolute Gasteiger partial charge is 0.309 e. The Bertz CT molecular complexity index is 2170. The molecule has 0 atom stereocenters. The van der Waals surface area contributed by atoms with Crippen LogP contribution in [0.25, 0.3) is 70.6 Å². The maximum Gasteiger partial charge on any atom is 0.0547 e. The Morgan fingerprint density at radius 3 is 1.69 bits per heavy atom. The Kier molecular flexibility index (Phi) is 4.15. The molecule has 0 aliphatic rings. The molecule has 0 aliphatic carbocycles. The van der Waals surface area contributed by atoms with Crippen molar-refractivity contribution in [1.29, 1.82) is 0 Å². The standard InChI is InChI=1S/C34H20BrN/c35-23-14-16-33-31(18-23)32-19-29-27-11-5-3-9-25(27)26-10-4-6-12-28(26)30(29)20-34(32)36(33)24-15-13-21-7-1-2-8-22(21)17-24/h1-20H. The van der Waals surface area contributed by atoms with Crippen LogP contribution in [0.15, 0.2) is 126 Å². The molecule has 8 rings (SSSR count). The summed E-state index contributed by atoms with van der Waals surface area (Å²) in [5.74, 6) is 0. The van der Waals surface area contributed by atoms with Crippen LogP contribution in [0.2, 0.25) is 0 Å². The number of aromatic nitrogens is 1. The second-order valence-electron chi connectivity index (χ2n) is 9.53. The maximum atomic E-state index is 3.73. The second kappa shape index (κ2) is 7.43. The van der Waals surface area contributed by atoms with Crippen LogP contribution in [0, 0.1) is 0 Å². The van der Waals surface area contributed by atoms with Gasteiger partial charge in [0.25, 0.3) is 0 Å². The van der Waals surface area contributed by atoms with Gasteiger partial charge in [0.15, 0.2) is 0 Å². The lowest BCUT2D eigenvalue weighted by molar-refractivity contribution is 1.19. The van der Waals surface area contributed by atoms with Gasteiger partial charge in [-0.2, -0.15) is 0 Å². The van der Waals surface area contributed by atoms with Crippen LogP contribution in [0.3, 0.4) is 0 Å². The van der Waals surface area contributed by atoms with Gasteiger partial charge in [-0.3, -0.25) is 0 Å². The van der Waals surface area contributed by atoms with Crippen molar-refractivity contribution >= 4 is 80.8 Å². The quantitative estimate of drug-likeness (QED) is 0.189. The van der Waals surface area contributed by atoms with E-state index in [0.717, 1.165) is 4.47 Å². The third kappa shape index (κ3) is 2.76. The van der Waals surface area contributed by atoms with E-state index in [4.69, 9.17) is 0 Å². The van der Waals surface area contributed by atoms with Crippen LogP contribution in [0.1, 0.15) is 0 Å². The number of hydrogen-bond donors (Lipinski definition) is 0. The Labute approximate surface area is 216 Å². The van der Waals surface area contributed by atoms with Crippen LogP contribution >= 0.6 is 15.9 Å². The number of hydrogen-bond acceptors (Lipinski definition) is 0. The van der Waals surface area contributed by atoms with Gasteiger partial charge in [0.05, 0.1) is 11.0 Å². The normalized spacial score (nSPS) is 12.0. The summed E-state index contributed by atoms with van der Waals surface area (Å²) in [6, 6.07) is 44.4. The summed E-state index contributed by atoms with van der Waals surface area (Å²) >= 11 is 3.73. The number of rotatable bonds is 1. The van der Waals surface area contributed by atoms with Crippen LogP contribution in [0.4, 0.5) is 0 Å². The van der Waals surface area contributed by atoms with E-state index in [1.165, 1.54) is 70.6 Å². The third-order valence-corrected chi connectivity index (χ3v) is 8.08. The van der Waals surface area contributed by atoms with E-state index in [9.17, 15) is 0 Å². The molecule has 0 bridgehead atoms. The van der Waals surface area contributed by atoms with Crippen molar-refractivity contribution in [2.45, 2.75) is 0 Å². The predicted molar refractivity (Wildman–Crippen MR) is 159 cm³/mol.